The first kappa shape index (κ1) is 31.2. The van der Waals surface area contributed by atoms with Crippen molar-refractivity contribution in [2.75, 3.05) is 9.80 Å². The molecule has 3 nitrogen and oxygen atoms in total. The minimum atomic E-state index is -0.691. The number of rotatable bonds is 8. The number of anilines is 6. The summed E-state index contributed by atoms with van der Waals surface area (Å²) >= 11 is 0. The van der Waals surface area contributed by atoms with Gasteiger partial charge in [0.25, 0.3) is 0 Å². The predicted octanol–water partition coefficient (Wildman–Crippen LogP) is 12.7. The fourth-order valence-corrected chi connectivity index (χ4v) is 7.97. The number of hydrogen-bond acceptors (Lipinski definition) is 3. The van der Waals surface area contributed by atoms with Gasteiger partial charge in [0.2, 0.25) is 0 Å². The lowest BCUT2D eigenvalue weighted by Crippen LogP contribution is -2.29. The number of para-hydroxylation sites is 4. The number of hydrogen-bond donors (Lipinski definition) is 1. The van der Waals surface area contributed by atoms with E-state index in [2.05, 4.69) is 210 Å². The second-order valence-electron chi connectivity index (χ2n) is 13.1. The van der Waals surface area contributed by atoms with E-state index < -0.39 is 5.41 Å². The molecule has 0 bridgehead atoms. The SMILES string of the molecule is Oc1ccc(C2(c3ccccc3)c3cc(N(c4ccccc4)c4ccccc4)ccc3-c3ccc(N(c4ccccc4)c4ccccc4)cc32)cc1. The molecule has 0 aromatic heterocycles. The van der Waals surface area contributed by atoms with Crippen molar-refractivity contribution in [3.63, 3.8) is 0 Å². The van der Waals surface area contributed by atoms with Crippen molar-refractivity contribution in [2.24, 2.45) is 0 Å². The zero-order chi connectivity index (χ0) is 34.9. The van der Waals surface area contributed by atoms with Crippen LogP contribution < -0.4 is 9.80 Å². The van der Waals surface area contributed by atoms with Crippen molar-refractivity contribution in [1.82, 2.24) is 0 Å². The van der Waals surface area contributed by atoms with Crippen LogP contribution in [0.5, 0.6) is 5.75 Å². The average Bonchev–Trinajstić information content (AvgIpc) is 3.50. The summed E-state index contributed by atoms with van der Waals surface area (Å²) in [4.78, 5) is 4.65. The van der Waals surface area contributed by atoms with Crippen LogP contribution in [0.15, 0.2) is 212 Å². The van der Waals surface area contributed by atoms with E-state index in [-0.39, 0.29) is 5.75 Å². The van der Waals surface area contributed by atoms with Crippen LogP contribution in [-0.4, -0.2) is 5.11 Å². The maximum atomic E-state index is 10.6. The number of fused-ring (bicyclic) bond motifs is 3. The zero-order valence-electron chi connectivity index (χ0n) is 28.5. The molecule has 0 aliphatic heterocycles. The monoisotopic (exact) mass is 668 g/mol. The van der Waals surface area contributed by atoms with Gasteiger partial charge in [0, 0.05) is 34.1 Å². The number of phenolic OH excluding ortho intramolecular Hbond substituents is 1. The maximum Gasteiger partial charge on any atom is 0.115 e. The van der Waals surface area contributed by atoms with Gasteiger partial charge in [-0.1, -0.05) is 127 Å². The summed E-state index contributed by atoms with van der Waals surface area (Å²) < 4.78 is 0. The first-order chi connectivity index (χ1) is 25.7. The third kappa shape index (κ3) is 5.23. The third-order valence-corrected chi connectivity index (χ3v) is 10.2. The number of nitrogens with zero attached hydrogens (tertiary/aromatic N) is 2. The minimum Gasteiger partial charge on any atom is -0.508 e. The van der Waals surface area contributed by atoms with E-state index in [0.29, 0.717) is 0 Å². The summed E-state index contributed by atoms with van der Waals surface area (Å²) in [5.41, 5.74) is 12.8. The minimum absolute atomic E-state index is 0.242. The van der Waals surface area contributed by atoms with Crippen LogP contribution in [-0.2, 0) is 5.41 Å². The molecule has 0 atom stereocenters. The highest BCUT2D eigenvalue weighted by Crippen LogP contribution is 2.58. The molecule has 0 saturated carbocycles. The molecule has 0 radical (unpaired) electrons. The fourth-order valence-electron chi connectivity index (χ4n) is 7.97. The lowest BCUT2D eigenvalue weighted by Gasteiger charge is -2.35. The highest BCUT2D eigenvalue weighted by atomic mass is 16.3. The van der Waals surface area contributed by atoms with Gasteiger partial charge >= 0.3 is 0 Å². The summed E-state index contributed by atoms with van der Waals surface area (Å²) in [6.45, 7) is 0. The third-order valence-electron chi connectivity index (χ3n) is 10.2. The molecule has 52 heavy (non-hydrogen) atoms. The molecule has 1 aliphatic rings. The van der Waals surface area contributed by atoms with E-state index in [0.717, 1.165) is 45.3 Å². The molecule has 0 saturated heterocycles. The number of phenols is 1. The van der Waals surface area contributed by atoms with E-state index in [4.69, 9.17) is 0 Å². The lowest BCUT2D eigenvalue weighted by molar-refractivity contribution is 0.475. The lowest BCUT2D eigenvalue weighted by atomic mass is 9.67. The Hall–Kier alpha value is -6.84. The van der Waals surface area contributed by atoms with Crippen LogP contribution in [0.3, 0.4) is 0 Å². The fraction of sp³-hybridized carbons (Fsp3) is 0.0204. The first-order valence-corrected chi connectivity index (χ1v) is 17.7. The van der Waals surface area contributed by atoms with Crippen LogP contribution in [0.4, 0.5) is 34.1 Å². The molecule has 0 fully saturated rings. The van der Waals surface area contributed by atoms with Crippen LogP contribution >= 0.6 is 0 Å². The van der Waals surface area contributed by atoms with Crippen molar-refractivity contribution < 1.29 is 5.11 Å². The molecule has 0 heterocycles. The number of aromatic hydroxyl groups is 1. The van der Waals surface area contributed by atoms with Crippen LogP contribution in [0, 0.1) is 0 Å². The van der Waals surface area contributed by atoms with Crippen LogP contribution in [0.1, 0.15) is 22.3 Å². The Morgan fingerprint density at radius 2 is 0.635 bits per heavy atom. The zero-order valence-corrected chi connectivity index (χ0v) is 28.5. The molecular formula is C49H36N2O. The smallest absolute Gasteiger partial charge is 0.115 e. The van der Waals surface area contributed by atoms with Crippen molar-refractivity contribution in [2.45, 2.75) is 5.41 Å². The van der Waals surface area contributed by atoms with E-state index in [9.17, 15) is 5.11 Å². The van der Waals surface area contributed by atoms with E-state index in [1.54, 1.807) is 0 Å². The van der Waals surface area contributed by atoms with Gasteiger partial charge in [-0.3, -0.25) is 0 Å². The van der Waals surface area contributed by atoms with Gasteiger partial charge in [0.1, 0.15) is 5.75 Å². The van der Waals surface area contributed by atoms with Crippen LogP contribution in [0.2, 0.25) is 0 Å². The predicted molar refractivity (Wildman–Crippen MR) is 215 cm³/mol. The molecule has 0 unspecified atom stereocenters. The van der Waals surface area contributed by atoms with Crippen LogP contribution in [0.25, 0.3) is 11.1 Å². The molecular weight excluding hydrogens is 633 g/mol. The van der Waals surface area contributed by atoms with Gasteiger partial charge in [0.15, 0.2) is 0 Å². The normalized spacial score (nSPS) is 12.5. The second-order valence-corrected chi connectivity index (χ2v) is 13.1. The summed E-state index contributed by atoms with van der Waals surface area (Å²) in [6.07, 6.45) is 0. The topological polar surface area (TPSA) is 26.7 Å². The van der Waals surface area contributed by atoms with Gasteiger partial charge in [-0.25, -0.2) is 0 Å². The van der Waals surface area contributed by atoms with Crippen molar-refractivity contribution in [3.05, 3.63) is 235 Å². The average molecular weight is 669 g/mol. The molecule has 1 N–H and O–H groups in total. The first-order valence-electron chi connectivity index (χ1n) is 17.7. The Morgan fingerprint density at radius 1 is 0.308 bits per heavy atom. The molecule has 1 aliphatic carbocycles. The maximum absolute atomic E-state index is 10.6. The molecule has 248 valence electrons. The Balaban J connectivity index is 1.34. The van der Waals surface area contributed by atoms with Gasteiger partial charge < -0.3 is 14.9 Å². The quantitative estimate of drug-likeness (QED) is 0.175. The molecule has 8 aromatic rings. The Labute approximate surface area is 305 Å². The van der Waals surface area contributed by atoms with Crippen molar-refractivity contribution in [3.8, 4) is 16.9 Å². The van der Waals surface area contributed by atoms with Crippen molar-refractivity contribution >= 4 is 34.1 Å². The van der Waals surface area contributed by atoms with E-state index >= 15 is 0 Å². The molecule has 0 amide bonds. The summed E-state index contributed by atoms with van der Waals surface area (Å²) in [5, 5.41) is 10.6. The summed E-state index contributed by atoms with van der Waals surface area (Å²) in [7, 11) is 0. The second kappa shape index (κ2) is 13.1. The van der Waals surface area contributed by atoms with Gasteiger partial charge in [-0.2, -0.15) is 0 Å². The standard InChI is InChI=1S/C49H36N2O/c52-44-30-26-37(27-31-44)49(36-16-6-1-7-17-36)47-34-42(50(38-18-8-2-9-19-38)39-20-10-3-11-21-39)28-32-45(47)46-33-29-43(35-48(46)49)51(40-22-12-4-13-23-40)41-24-14-5-15-25-41/h1-35,52H. The Bertz CT molecular complexity index is 2240. The highest BCUT2D eigenvalue weighted by molar-refractivity contribution is 5.91. The summed E-state index contributed by atoms with van der Waals surface area (Å²) in [5.74, 6) is 0.242. The Morgan fingerprint density at radius 3 is 1.00 bits per heavy atom. The van der Waals surface area contributed by atoms with E-state index in [1.807, 2.05) is 12.1 Å². The highest BCUT2D eigenvalue weighted by Gasteiger charge is 2.47. The Kier molecular flexibility index (Phi) is 7.87. The number of benzene rings is 8. The molecule has 9 rings (SSSR count). The van der Waals surface area contributed by atoms with E-state index in [1.165, 1.54) is 22.3 Å². The molecule has 8 aromatic carbocycles. The van der Waals surface area contributed by atoms with Gasteiger partial charge in [-0.05, 0) is 118 Å². The van der Waals surface area contributed by atoms with Crippen molar-refractivity contribution in [1.29, 1.82) is 0 Å². The summed E-state index contributed by atoms with van der Waals surface area (Å²) in [6, 6.07) is 74.7. The largest absolute Gasteiger partial charge is 0.508 e. The van der Waals surface area contributed by atoms with Gasteiger partial charge in [-0.15, -0.1) is 0 Å². The van der Waals surface area contributed by atoms with Gasteiger partial charge in [0.05, 0.1) is 5.41 Å². The molecule has 3 heteroatoms. The molecule has 0 spiro atoms.